The van der Waals surface area contributed by atoms with Crippen LogP contribution in [0.1, 0.15) is 21.6 Å². The van der Waals surface area contributed by atoms with Crippen LogP contribution in [-0.4, -0.2) is 37.9 Å². The Kier molecular flexibility index (Phi) is 5.62. The number of benzene rings is 2. The summed E-state index contributed by atoms with van der Waals surface area (Å²) in [7, 11) is -0.781. The van der Waals surface area contributed by atoms with Crippen LogP contribution in [0.3, 0.4) is 0 Å². The van der Waals surface area contributed by atoms with Crippen molar-refractivity contribution in [1.82, 2.24) is 9.46 Å². The minimum Gasteiger partial charge on any atom is -0.455 e. The molecule has 0 spiro atoms. The molecule has 0 saturated heterocycles. The maximum Gasteiger partial charge on any atom is 0.338 e. The van der Waals surface area contributed by atoms with Crippen molar-refractivity contribution in [1.29, 1.82) is 0 Å². The van der Waals surface area contributed by atoms with Gasteiger partial charge in [-0.1, -0.05) is 41.6 Å². The maximum atomic E-state index is 12.5. The van der Waals surface area contributed by atoms with Crippen LogP contribution in [0.15, 0.2) is 64.0 Å². The van der Waals surface area contributed by atoms with Crippen LogP contribution in [0.2, 0.25) is 0 Å². The van der Waals surface area contributed by atoms with Gasteiger partial charge in [0.1, 0.15) is 12.3 Å². The lowest BCUT2D eigenvalue weighted by atomic mass is 10.1. The van der Waals surface area contributed by atoms with Crippen molar-refractivity contribution >= 4 is 16.0 Å². The summed E-state index contributed by atoms with van der Waals surface area (Å²) in [5.74, 6) is -0.0560. The van der Waals surface area contributed by atoms with Gasteiger partial charge in [-0.25, -0.2) is 17.5 Å². The highest BCUT2D eigenvalue weighted by Crippen LogP contribution is 2.22. The van der Waals surface area contributed by atoms with Crippen molar-refractivity contribution in [3.8, 4) is 11.3 Å². The summed E-state index contributed by atoms with van der Waals surface area (Å²) >= 11 is 0. The molecule has 1 aromatic heterocycles. The number of esters is 1. The maximum absolute atomic E-state index is 12.5. The summed E-state index contributed by atoms with van der Waals surface area (Å²) in [4.78, 5) is 12.5. The second kappa shape index (κ2) is 7.95. The lowest BCUT2D eigenvalue weighted by molar-refractivity contribution is 0.0463. The van der Waals surface area contributed by atoms with Gasteiger partial charge in [-0.3, -0.25) is 0 Å². The summed E-state index contributed by atoms with van der Waals surface area (Å²) in [6.07, 6.45) is 0. The van der Waals surface area contributed by atoms with Gasteiger partial charge in [0.05, 0.1) is 10.5 Å². The molecule has 0 amide bonds. The number of hydrogen-bond acceptors (Lipinski definition) is 6. The van der Waals surface area contributed by atoms with E-state index in [-0.39, 0.29) is 17.1 Å². The standard InChI is InChI=1S/C20H20N2O5S/c1-14-9-10-17(28(24,25)22(2)3)12-18(14)20(23)26-13-16-11-19(27-21-16)15-7-5-4-6-8-15/h4-12H,13H2,1-3H3. The molecule has 0 unspecified atom stereocenters. The van der Waals surface area contributed by atoms with Gasteiger partial charge < -0.3 is 9.26 Å². The van der Waals surface area contributed by atoms with Crippen molar-refractivity contribution in [2.45, 2.75) is 18.4 Å². The van der Waals surface area contributed by atoms with Gasteiger partial charge in [0.2, 0.25) is 10.0 Å². The normalized spacial score (nSPS) is 11.6. The highest BCUT2D eigenvalue weighted by Gasteiger charge is 2.21. The van der Waals surface area contributed by atoms with E-state index < -0.39 is 16.0 Å². The second-order valence-electron chi connectivity index (χ2n) is 6.39. The molecule has 146 valence electrons. The minimum absolute atomic E-state index is 0.0304. The van der Waals surface area contributed by atoms with E-state index in [1.54, 1.807) is 19.1 Å². The number of nitrogens with zero attached hydrogens (tertiary/aromatic N) is 2. The van der Waals surface area contributed by atoms with E-state index in [0.29, 0.717) is 17.0 Å². The third kappa shape index (κ3) is 4.13. The van der Waals surface area contributed by atoms with Crippen LogP contribution in [0.5, 0.6) is 0 Å². The smallest absolute Gasteiger partial charge is 0.338 e. The van der Waals surface area contributed by atoms with Crippen molar-refractivity contribution < 1.29 is 22.5 Å². The molecule has 0 atom stereocenters. The third-order valence-electron chi connectivity index (χ3n) is 4.18. The average molecular weight is 400 g/mol. The predicted molar refractivity (Wildman–Crippen MR) is 103 cm³/mol. The van der Waals surface area contributed by atoms with Crippen molar-refractivity contribution in [2.24, 2.45) is 0 Å². The summed E-state index contributed by atoms with van der Waals surface area (Å²) in [5, 5.41) is 3.91. The molecule has 7 nitrogen and oxygen atoms in total. The Balaban J connectivity index is 1.75. The summed E-state index contributed by atoms with van der Waals surface area (Å²) < 4.78 is 36.2. The Morgan fingerprint density at radius 1 is 1.11 bits per heavy atom. The van der Waals surface area contributed by atoms with Crippen molar-refractivity contribution in [2.75, 3.05) is 14.1 Å². The fourth-order valence-electron chi connectivity index (χ4n) is 2.53. The van der Waals surface area contributed by atoms with E-state index in [2.05, 4.69) is 5.16 Å². The Hall–Kier alpha value is -2.97. The zero-order valence-electron chi connectivity index (χ0n) is 15.7. The third-order valence-corrected chi connectivity index (χ3v) is 5.99. The number of aryl methyl sites for hydroxylation is 1. The molecule has 0 radical (unpaired) electrons. The predicted octanol–water partition coefficient (Wildman–Crippen LogP) is 3.26. The van der Waals surface area contributed by atoms with Gasteiger partial charge in [0, 0.05) is 25.7 Å². The van der Waals surface area contributed by atoms with Crippen LogP contribution in [-0.2, 0) is 21.4 Å². The molecule has 0 fully saturated rings. The van der Waals surface area contributed by atoms with Gasteiger partial charge in [0.15, 0.2) is 5.76 Å². The molecule has 0 saturated carbocycles. The Labute approximate surface area is 163 Å². The zero-order valence-corrected chi connectivity index (χ0v) is 16.6. The molecule has 1 heterocycles. The van der Waals surface area contributed by atoms with E-state index in [1.807, 2.05) is 30.3 Å². The highest BCUT2D eigenvalue weighted by molar-refractivity contribution is 7.89. The monoisotopic (exact) mass is 400 g/mol. The molecular weight excluding hydrogens is 380 g/mol. The molecule has 0 aliphatic carbocycles. The first kappa shape index (κ1) is 19.8. The van der Waals surface area contributed by atoms with E-state index >= 15 is 0 Å². The quantitative estimate of drug-likeness (QED) is 0.590. The van der Waals surface area contributed by atoms with E-state index in [1.165, 1.54) is 26.2 Å². The Morgan fingerprint density at radius 3 is 2.50 bits per heavy atom. The van der Waals surface area contributed by atoms with Gasteiger partial charge >= 0.3 is 5.97 Å². The largest absolute Gasteiger partial charge is 0.455 e. The SMILES string of the molecule is Cc1ccc(S(=O)(=O)N(C)C)cc1C(=O)OCc1cc(-c2ccccc2)on1. The first-order valence-electron chi connectivity index (χ1n) is 8.50. The molecule has 3 rings (SSSR count). The van der Waals surface area contributed by atoms with E-state index in [0.717, 1.165) is 9.87 Å². The number of hydrogen-bond donors (Lipinski definition) is 0. The van der Waals surface area contributed by atoms with Crippen molar-refractivity contribution in [3.05, 3.63) is 71.4 Å². The van der Waals surface area contributed by atoms with Crippen LogP contribution in [0.25, 0.3) is 11.3 Å². The minimum atomic E-state index is -3.65. The molecule has 3 aromatic rings. The lowest BCUT2D eigenvalue weighted by Crippen LogP contribution is -2.22. The topological polar surface area (TPSA) is 89.7 Å². The van der Waals surface area contributed by atoms with Crippen molar-refractivity contribution in [3.63, 3.8) is 0 Å². The fraction of sp³-hybridized carbons (Fsp3) is 0.200. The first-order chi connectivity index (χ1) is 13.3. The molecule has 0 bridgehead atoms. The van der Waals surface area contributed by atoms with E-state index in [9.17, 15) is 13.2 Å². The first-order valence-corrected chi connectivity index (χ1v) is 9.94. The number of sulfonamides is 1. The molecule has 0 aliphatic heterocycles. The van der Waals surface area contributed by atoms with Crippen LogP contribution in [0, 0.1) is 6.92 Å². The Bertz CT molecular complexity index is 1090. The molecule has 2 aromatic carbocycles. The number of carbonyl (C=O) groups is 1. The van der Waals surface area contributed by atoms with E-state index in [4.69, 9.17) is 9.26 Å². The highest BCUT2D eigenvalue weighted by atomic mass is 32.2. The molecular formula is C20H20N2O5S. The number of ether oxygens (including phenoxy) is 1. The summed E-state index contributed by atoms with van der Waals surface area (Å²) in [6.45, 7) is 1.63. The average Bonchev–Trinajstić information content (AvgIpc) is 3.16. The summed E-state index contributed by atoms with van der Waals surface area (Å²) in [5.41, 5.74) is 2.13. The molecule has 28 heavy (non-hydrogen) atoms. The van der Waals surface area contributed by atoms with Gasteiger partial charge in [-0.2, -0.15) is 0 Å². The zero-order chi connectivity index (χ0) is 20.3. The van der Waals surface area contributed by atoms with Gasteiger partial charge in [0.25, 0.3) is 0 Å². The van der Waals surface area contributed by atoms with Gasteiger partial charge in [-0.05, 0) is 24.6 Å². The van der Waals surface area contributed by atoms with Crippen LogP contribution in [0.4, 0.5) is 0 Å². The number of carbonyl (C=O) groups excluding carboxylic acids is 1. The second-order valence-corrected chi connectivity index (χ2v) is 8.54. The van der Waals surface area contributed by atoms with Gasteiger partial charge in [-0.15, -0.1) is 0 Å². The number of rotatable bonds is 6. The summed E-state index contributed by atoms with van der Waals surface area (Å²) in [6, 6.07) is 15.5. The fourth-order valence-corrected chi connectivity index (χ4v) is 3.46. The lowest BCUT2D eigenvalue weighted by Gasteiger charge is -2.13. The molecule has 0 N–H and O–H groups in total. The van der Waals surface area contributed by atoms with Crippen LogP contribution >= 0.6 is 0 Å². The number of aromatic nitrogens is 1. The molecule has 0 aliphatic rings. The Morgan fingerprint density at radius 2 is 1.82 bits per heavy atom. The van der Waals surface area contributed by atoms with Crippen LogP contribution < -0.4 is 0 Å². The molecule has 8 heteroatoms.